The number of aryl methyl sites for hydroxylation is 1. The number of hydrogen-bond acceptors (Lipinski definition) is 4. The summed E-state index contributed by atoms with van der Waals surface area (Å²) in [5.74, 6) is 1.56. The number of methoxy groups -OCH3 is 1. The van der Waals surface area contributed by atoms with Gasteiger partial charge in [0.25, 0.3) is 5.91 Å². The third-order valence-corrected chi connectivity index (χ3v) is 4.04. The molecule has 1 heterocycles. The van der Waals surface area contributed by atoms with E-state index in [1.165, 1.54) is 0 Å². The van der Waals surface area contributed by atoms with Gasteiger partial charge in [0.05, 0.1) is 26.0 Å². The Kier molecular flexibility index (Phi) is 5.76. The van der Waals surface area contributed by atoms with Crippen molar-refractivity contribution in [2.45, 2.75) is 20.4 Å². The van der Waals surface area contributed by atoms with Crippen LogP contribution in [0, 0.1) is 6.92 Å². The monoisotopic (exact) mass is 365 g/mol. The van der Waals surface area contributed by atoms with Crippen molar-refractivity contribution in [2.24, 2.45) is 0 Å². The van der Waals surface area contributed by atoms with Crippen molar-refractivity contribution in [1.82, 2.24) is 9.78 Å². The molecule has 0 saturated heterocycles. The van der Waals surface area contributed by atoms with E-state index >= 15 is 0 Å². The molecule has 3 aromatic rings. The Bertz CT molecular complexity index is 920. The number of benzene rings is 2. The van der Waals surface area contributed by atoms with Crippen LogP contribution < -0.4 is 14.8 Å². The summed E-state index contributed by atoms with van der Waals surface area (Å²) in [4.78, 5) is 12.7. The van der Waals surface area contributed by atoms with E-state index in [2.05, 4.69) is 10.4 Å². The van der Waals surface area contributed by atoms with E-state index in [1.807, 2.05) is 50.2 Å². The minimum atomic E-state index is -0.231. The van der Waals surface area contributed by atoms with E-state index in [0.717, 1.165) is 11.3 Å². The van der Waals surface area contributed by atoms with Crippen molar-refractivity contribution in [2.75, 3.05) is 19.0 Å². The zero-order chi connectivity index (χ0) is 19.2. The molecule has 0 radical (unpaired) electrons. The van der Waals surface area contributed by atoms with Crippen molar-refractivity contribution in [3.63, 3.8) is 0 Å². The summed E-state index contributed by atoms with van der Waals surface area (Å²) in [6, 6.07) is 17.0. The van der Waals surface area contributed by atoms with Gasteiger partial charge in [-0.05, 0) is 37.6 Å². The Morgan fingerprint density at radius 2 is 1.89 bits per heavy atom. The molecule has 2 aromatic carbocycles. The van der Waals surface area contributed by atoms with Gasteiger partial charge in [0.15, 0.2) is 11.5 Å². The summed E-state index contributed by atoms with van der Waals surface area (Å²) < 4.78 is 12.6. The number of ether oxygens (including phenoxy) is 2. The Hall–Kier alpha value is -3.28. The maximum atomic E-state index is 12.7. The molecule has 6 nitrogen and oxygen atoms in total. The van der Waals surface area contributed by atoms with Gasteiger partial charge in [0.1, 0.15) is 5.82 Å². The summed E-state index contributed by atoms with van der Waals surface area (Å²) in [6.07, 6.45) is 0. The van der Waals surface area contributed by atoms with E-state index in [-0.39, 0.29) is 5.91 Å². The SMILES string of the molecule is CCOc1ccc(C(=O)Nc2cc(C)nn2Cc2ccccc2)cc1OC. The summed E-state index contributed by atoms with van der Waals surface area (Å²) in [5, 5.41) is 7.42. The van der Waals surface area contributed by atoms with E-state index < -0.39 is 0 Å². The number of rotatable bonds is 7. The van der Waals surface area contributed by atoms with Crippen LogP contribution in [0.15, 0.2) is 54.6 Å². The van der Waals surface area contributed by atoms with E-state index in [9.17, 15) is 4.79 Å². The Balaban J connectivity index is 1.80. The highest BCUT2D eigenvalue weighted by Gasteiger charge is 2.14. The molecule has 6 heteroatoms. The molecule has 0 aliphatic rings. The van der Waals surface area contributed by atoms with Crippen molar-refractivity contribution < 1.29 is 14.3 Å². The predicted molar refractivity (Wildman–Crippen MR) is 105 cm³/mol. The number of aromatic nitrogens is 2. The van der Waals surface area contributed by atoms with Gasteiger partial charge in [0.2, 0.25) is 0 Å². The van der Waals surface area contributed by atoms with Crippen LogP contribution in [0.25, 0.3) is 0 Å². The van der Waals surface area contributed by atoms with Gasteiger partial charge in [-0.1, -0.05) is 30.3 Å². The highest BCUT2D eigenvalue weighted by Crippen LogP contribution is 2.28. The van der Waals surface area contributed by atoms with Gasteiger partial charge in [-0.2, -0.15) is 5.10 Å². The molecule has 0 unspecified atom stereocenters. The Morgan fingerprint density at radius 3 is 2.59 bits per heavy atom. The van der Waals surface area contributed by atoms with Crippen molar-refractivity contribution >= 4 is 11.7 Å². The molecule has 0 saturated carbocycles. The number of nitrogens with zero attached hydrogens (tertiary/aromatic N) is 2. The maximum absolute atomic E-state index is 12.7. The van der Waals surface area contributed by atoms with Crippen LogP contribution in [-0.2, 0) is 6.54 Å². The second-order valence-electron chi connectivity index (χ2n) is 6.07. The fourth-order valence-electron chi connectivity index (χ4n) is 2.80. The first-order chi connectivity index (χ1) is 13.1. The molecule has 0 fully saturated rings. The summed E-state index contributed by atoms with van der Waals surface area (Å²) in [6.45, 7) is 4.91. The fraction of sp³-hybridized carbons (Fsp3) is 0.238. The number of hydrogen-bond donors (Lipinski definition) is 1. The van der Waals surface area contributed by atoms with Gasteiger partial charge in [-0.25, -0.2) is 4.68 Å². The topological polar surface area (TPSA) is 65.4 Å². The molecular weight excluding hydrogens is 342 g/mol. The second kappa shape index (κ2) is 8.40. The molecule has 27 heavy (non-hydrogen) atoms. The lowest BCUT2D eigenvalue weighted by Gasteiger charge is -2.12. The minimum Gasteiger partial charge on any atom is -0.493 e. The molecule has 0 aliphatic carbocycles. The minimum absolute atomic E-state index is 0.231. The molecule has 1 amide bonds. The highest BCUT2D eigenvalue weighted by molar-refractivity contribution is 6.04. The van der Waals surface area contributed by atoms with E-state index in [4.69, 9.17) is 9.47 Å². The van der Waals surface area contributed by atoms with Gasteiger partial charge in [-0.3, -0.25) is 4.79 Å². The molecule has 0 atom stereocenters. The van der Waals surface area contributed by atoms with Crippen molar-refractivity contribution in [3.05, 3.63) is 71.4 Å². The van der Waals surface area contributed by atoms with Crippen LogP contribution in [0.2, 0.25) is 0 Å². The third-order valence-electron chi connectivity index (χ3n) is 4.04. The largest absolute Gasteiger partial charge is 0.493 e. The number of carbonyl (C=O) groups excluding carboxylic acids is 1. The Morgan fingerprint density at radius 1 is 1.11 bits per heavy atom. The van der Waals surface area contributed by atoms with Crippen LogP contribution >= 0.6 is 0 Å². The first kappa shape index (κ1) is 18.5. The summed E-state index contributed by atoms with van der Waals surface area (Å²) in [7, 11) is 1.55. The number of amides is 1. The standard InChI is InChI=1S/C21H23N3O3/c1-4-27-18-11-10-17(13-19(18)26-3)21(25)22-20-12-15(2)23-24(20)14-16-8-6-5-7-9-16/h5-13H,4,14H2,1-3H3,(H,22,25). The summed E-state index contributed by atoms with van der Waals surface area (Å²) in [5.41, 5.74) is 2.43. The van der Waals surface area contributed by atoms with Crippen LogP contribution in [-0.4, -0.2) is 29.4 Å². The lowest BCUT2D eigenvalue weighted by Crippen LogP contribution is -2.16. The molecule has 3 rings (SSSR count). The van der Waals surface area contributed by atoms with Gasteiger partial charge in [0, 0.05) is 11.6 Å². The van der Waals surface area contributed by atoms with Crippen LogP contribution in [0.3, 0.4) is 0 Å². The van der Waals surface area contributed by atoms with Crippen LogP contribution in [0.4, 0.5) is 5.82 Å². The highest BCUT2D eigenvalue weighted by atomic mass is 16.5. The zero-order valence-corrected chi connectivity index (χ0v) is 15.7. The second-order valence-corrected chi connectivity index (χ2v) is 6.07. The lowest BCUT2D eigenvalue weighted by molar-refractivity contribution is 0.102. The van der Waals surface area contributed by atoms with E-state index in [0.29, 0.717) is 36.0 Å². The zero-order valence-electron chi connectivity index (χ0n) is 15.7. The average molecular weight is 365 g/mol. The normalized spacial score (nSPS) is 10.5. The molecule has 140 valence electrons. The van der Waals surface area contributed by atoms with Gasteiger partial charge >= 0.3 is 0 Å². The lowest BCUT2D eigenvalue weighted by atomic mass is 10.2. The Labute approximate surface area is 158 Å². The van der Waals surface area contributed by atoms with E-state index in [1.54, 1.807) is 30.0 Å². The van der Waals surface area contributed by atoms with Crippen molar-refractivity contribution in [3.8, 4) is 11.5 Å². The number of anilines is 1. The molecule has 0 aliphatic heterocycles. The molecular formula is C21H23N3O3. The molecule has 1 N–H and O–H groups in total. The fourth-order valence-corrected chi connectivity index (χ4v) is 2.80. The van der Waals surface area contributed by atoms with Crippen LogP contribution in [0.1, 0.15) is 28.5 Å². The maximum Gasteiger partial charge on any atom is 0.256 e. The molecule has 0 spiro atoms. The molecule has 0 bridgehead atoms. The van der Waals surface area contributed by atoms with Gasteiger partial charge in [-0.15, -0.1) is 0 Å². The smallest absolute Gasteiger partial charge is 0.256 e. The molecule has 1 aromatic heterocycles. The predicted octanol–water partition coefficient (Wildman–Crippen LogP) is 3.90. The first-order valence-electron chi connectivity index (χ1n) is 8.81. The quantitative estimate of drug-likeness (QED) is 0.690. The first-order valence-corrected chi connectivity index (χ1v) is 8.81. The van der Waals surface area contributed by atoms with Crippen LogP contribution in [0.5, 0.6) is 11.5 Å². The van der Waals surface area contributed by atoms with Gasteiger partial charge < -0.3 is 14.8 Å². The average Bonchev–Trinajstić information content (AvgIpc) is 3.01. The number of nitrogens with one attached hydrogen (secondary N) is 1. The third kappa shape index (κ3) is 4.47. The summed E-state index contributed by atoms with van der Waals surface area (Å²) >= 11 is 0. The number of carbonyl (C=O) groups is 1. The van der Waals surface area contributed by atoms with Crippen molar-refractivity contribution in [1.29, 1.82) is 0 Å².